The zero-order valence-corrected chi connectivity index (χ0v) is 16.5. The normalized spacial score (nSPS) is 11.6. The van der Waals surface area contributed by atoms with Crippen molar-refractivity contribution in [1.29, 1.82) is 0 Å². The summed E-state index contributed by atoms with van der Waals surface area (Å²) in [5, 5.41) is 4.41. The maximum atomic E-state index is 13.0. The van der Waals surface area contributed by atoms with E-state index < -0.39 is 10.0 Å². The van der Waals surface area contributed by atoms with Gasteiger partial charge in [-0.2, -0.15) is 0 Å². The predicted octanol–water partition coefficient (Wildman–Crippen LogP) is 5.03. The Morgan fingerprint density at radius 1 is 1.00 bits per heavy atom. The maximum Gasteiger partial charge on any atom is 0.262 e. The van der Waals surface area contributed by atoms with Crippen LogP contribution in [0.1, 0.15) is 22.6 Å². The van der Waals surface area contributed by atoms with Crippen molar-refractivity contribution >= 4 is 27.3 Å². The number of sulfonamides is 1. The average molecular weight is 391 g/mol. The number of nitrogens with zero attached hydrogens (tertiary/aromatic N) is 1. The van der Waals surface area contributed by atoms with E-state index in [2.05, 4.69) is 9.88 Å². The molecule has 0 amide bonds. The molecule has 1 aromatic heterocycles. The Morgan fingerprint density at radius 2 is 1.69 bits per heavy atom. The molecule has 0 saturated carbocycles. The second-order valence-electron chi connectivity index (χ2n) is 6.24. The molecule has 3 rings (SSSR count). The molecule has 7 heteroatoms. The molecular formula is C19H19ClN2O3S. The van der Waals surface area contributed by atoms with Crippen molar-refractivity contribution in [2.75, 3.05) is 4.72 Å². The van der Waals surface area contributed by atoms with Gasteiger partial charge in [0.2, 0.25) is 0 Å². The van der Waals surface area contributed by atoms with Gasteiger partial charge in [0, 0.05) is 10.6 Å². The van der Waals surface area contributed by atoms with Crippen LogP contribution in [-0.2, 0) is 10.0 Å². The fourth-order valence-corrected chi connectivity index (χ4v) is 4.41. The molecule has 5 nitrogen and oxygen atoms in total. The van der Waals surface area contributed by atoms with Gasteiger partial charge in [-0.1, -0.05) is 35.0 Å². The molecule has 0 aliphatic carbocycles. The summed E-state index contributed by atoms with van der Waals surface area (Å²) in [4.78, 5) is 0.203. The molecule has 3 aromatic rings. The van der Waals surface area contributed by atoms with Gasteiger partial charge in [-0.25, -0.2) is 8.42 Å². The second kappa shape index (κ2) is 6.78. The minimum Gasteiger partial charge on any atom is -0.361 e. The Hall–Kier alpha value is -2.31. The monoisotopic (exact) mass is 390 g/mol. The van der Waals surface area contributed by atoms with Gasteiger partial charge in [0.1, 0.15) is 5.76 Å². The van der Waals surface area contributed by atoms with E-state index in [0.717, 1.165) is 16.7 Å². The minimum absolute atomic E-state index is 0.203. The zero-order valence-electron chi connectivity index (χ0n) is 14.9. The lowest BCUT2D eigenvalue weighted by molar-refractivity contribution is 0.393. The summed E-state index contributed by atoms with van der Waals surface area (Å²) < 4.78 is 33.8. The highest BCUT2D eigenvalue weighted by molar-refractivity contribution is 7.92. The smallest absolute Gasteiger partial charge is 0.262 e. The van der Waals surface area contributed by atoms with E-state index in [9.17, 15) is 8.42 Å². The van der Waals surface area contributed by atoms with E-state index in [1.165, 1.54) is 0 Å². The summed E-state index contributed by atoms with van der Waals surface area (Å²) in [6.07, 6.45) is 0. The fraction of sp³-hybridized carbons (Fsp3) is 0.211. The van der Waals surface area contributed by atoms with Crippen molar-refractivity contribution in [2.45, 2.75) is 32.6 Å². The Kier molecular flexibility index (Phi) is 4.82. The number of aryl methyl sites for hydroxylation is 4. The third-order valence-corrected chi connectivity index (χ3v) is 5.99. The van der Waals surface area contributed by atoms with Gasteiger partial charge in [-0.05, 0) is 62.6 Å². The highest BCUT2D eigenvalue weighted by Gasteiger charge is 2.21. The lowest BCUT2D eigenvalue weighted by atomic mass is 10.0. The molecule has 0 fully saturated rings. The van der Waals surface area contributed by atoms with Crippen molar-refractivity contribution < 1.29 is 12.9 Å². The topological polar surface area (TPSA) is 72.2 Å². The van der Waals surface area contributed by atoms with Crippen LogP contribution in [0.25, 0.3) is 11.1 Å². The molecule has 0 radical (unpaired) electrons. The second-order valence-corrected chi connectivity index (χ2v) is 8.33. The molecule has 0 atom stereocenters. The number of anilines is 1. The third kappa shape index (κ3) is 3.48. The van der Waals surface area contributed by atoms with Crippen molar-refractivity contribution in [3.63, 3.8) is 0 Å². The highest BCUT2D eigenvalue weighted by Crippen LogP contribution is 2.31. The number of benzene rings is 2. The van der Waals surface area contributed by atoms with E-state index >= 15 is 0 Å². The number of hydrogen-bond donors (Lipinski definition) is 1. The molecule has 0 aliphatic heterocycles. The van der Waals surface area contributed by atoms with E-state index in [1.54, 1.807) is 44.2 Å². The van der Waals surface area contributed by atoms with Crippen LogP contribution >= 0.6 is 11.6 Å². The van der Waals surface area contributed by atoms with Crippen molar-refractivity contribution in [1.82, 2.24) is 5.16 Å². The van der Waals surface area contributed by atoms with Crippen LogP contribution in [0, 0.1) is 27.7 Å². The highest BCUT2D eigenvalue weighted by atomic mass is 35.5. The summed E-state index contributed by atoms with van der Waals surface area (Å²) >= 11 is 6.00. The van der Waals surface area contributed by atoms with Crippen LogP contribution in [0.2, 0.25) is 5.02 Å². The number of hydrogen-bond acceptors (Lipinski definition) is 4. The average Bonchev–Trinajstić information content (AvgIpc) is 2.90. The largest absolute Gasteiger partial charge is 0.361 e. The molecule has 0 bridgehead atoms. The minimum atomic E-state index is -3.78. The third-order valence-electron chi connectivity index (χ3n) is 4.24. The first-order valence-corrected chi connectivity index (χ1v) is 9.88. The lowest BCUT2D eigenvalue weighted by Gasteiger charge is -2.14. The van der Waals surface area contributed by atoms with Gasteiger partial charge in [0.25, 0.3) is 10.0 Å². The van der Waals surface area contributed by atoms with Crippen LogP contribution in [0.3, 0.4) is 0 Å². The van der Waals surface area contributed by atoms with Crippen molar-refractivity contribution in [3.8, 4) is 11.1 Å². The van der Waals surface area contributed by atoms with Crippen LogP contribution < -0.4 is 4.72 Å². The standard InChI is InChI=1S/C19H19ClN2O3S/c1-11-6-8-16(20)10-17(11)22-26(23,24)18-9-15(7-5-12(18)2)19-13(3)21-25-14(19)4/h5-10,22H,1-4H3. The number of rotatable bonds is 4. The molecule has 0 saturated heterocycles. The lowest BCUT2D eigenvalue weighted by Crippen LogP contribution is -2.15. The first kappa shape index (κ1) is 18.5. The molecule has 1 heterocycles. The summed E-state index contributed by atoms with van der Waals surface area (Å²) in [6.45, 7) is 7.21. The molecule has 0 aliphatic rings. The van der Waals surface area contributed by atoms with Gasteiger partial charge < -0.3 is 4.52 Å². The van der Waals surface area contributed by atoms with E-state index in [1.807, 2.05) is 19.9 Å². The number of nitrogens with one attached hydrogen (secondary N) is 1. The quantitative estimate of drug-likeness (QED) is 0.678. The summed E-state index contributed by atoms with van der Waals surface area (Å²) in [5.74, 6) is 0.647. The first-order chi connectivity index (χ1) is 12.2. The molecule has 1 N–H and O–H groups in total. The summed E-state index contributed by atoms with van der Waals surface area (Å²) in [6, 6.07) is 10.4. The molecule has 136 valence electrons. The van der Waals surface area contributed by atoms with Gasteiger partial charge in [-0.3, -0.25) is 4.72 Å². The van der Waals surface area contributed by atoms with Gasteiger partial charge in [0.15, 0.2) is 0 Å². The van der Waals surface area contributed by atoms with Crippen molar-refractivity contribution in [3.05, 3.63) is 64.0 Å². The summed E-state index contributed by atoms with van der Waals surface area (Å²) in [5.41, 5.74) is 4.16. The van der Waals surface area contributed by atoms with Crippen molar-refractivity contribution in [2.24, 2.45) is 0 Å². The Balaban J connectivity index is 2.08. The van der Waals surface area contributed by atoms with E-state index in [-0.39, 0.29) is 4.90 Å². The zero-order chi connectivity index (χ0) is 19.1. The molecule has 0 unspecified atom stereocenters. The Labute approximate surface area is 158 Å². The van der Waals surface area contributed by atoms with E-state index in [0.29, 0.717) is 27.7 Å². The Bertz CT molecular complexity index is 1070. The van der Waals surface area contributed by atoms with E-state index in [4.69, 9.17) is 16.1 Å². The fourth-order valence-electron chi connectivity index (χ4n) is 2.84. The molecule has 26 heavy (non-hydrogen) atoms. The molecular weight excluding hydrogens is 372 g/mol. The number of aromatic nitrogens is 1. The summed E-state index contributed by atoms with van der Waals surface area (Å²) in [7, 11) is -3.78. The van der Waals surface area contributed by atoms with Crippen LogP contribution in [0.15, 0.2) is 45.8 Å². The SMILES string of the molecule is Cc1ccc(Cl)cc1NS(=O)(=O)c1cc(-c2c(C)noc2C)ccc1C. The van der Waals surface area contributed by atoms with Crippen LogP contribution in [0.4, 0.5) is 5.69 Å². The number of halogens is 1. The van der Waals surface area contributed by atoms with Crippen LogP contribution in [0.5, 0.6) is 0 Å². The Morgan fingerprint density at radius 3 is 2.35 bits per heavy atom. The van der Waals surface area contributed by atoms with Crippen LogP contribution in [-0.4, -0.2) is 13.6 Å². The predicted molar refractivity (Wildman–Crippen MR) is 103 cm³/mol. The van der Waals surface area contributed by atoms with Gasteiger partial charge in [-0.15, -0.1) is 0 Å². The molecule has 0 spiro atoms. The van der Waals surface area contributed by atoms with Gasteiger partial charge in [0.05, 0.1) is 16.3 Å². The first-order valence-electron chi connectivity index (χ1n) is 8.02. The molecule has 2 aromatic carbocycles. The maximum absolute atomic E-state index is 13.0. The van der Waals surface area contributed by atoms with Gasteiger partial charge >= 0.3 is 0 Å².